The lowest BCUT2D eigenvalue weighted by molar-refractivity contribution is 0.306. The minimum atomic E-state index is 0.412. The van der Waals surface area contributed by atoms with Crippen LogP contribution in [0.15, 0.2) is 59.6 Å². The van der Waals surface area contributed by atoms with E-state index in [4.69, 9.17) is 27.9 Å². The maximum absolute atomic E-state index is 6.39. The van der Waals surface area contributed by atoms with E-state index >= 15 is 0 Å². The standard InChI is InChI=1S/C23H21Cl2NO/c1-15-5-8-18(9-6-15)14-27-23-20(24)11-19(12-21(23)25)13-26-22-10-16(2)4-7-17(22)3/h4-13H,14H2,1-3H3. The fourth-order valence-electron chi connectivity index (χ4n) is 2.63. The Morgan fingerprint density at radius 1 is 0.852 bits per heavy atom. The van der Waals surface area contributed by atoms with Crippen molar-refractivity contribution in [3.8, 4) is 5.75 Å². The fraction of sp³-hybridized carbons (Fsp3) is 0.174. The van der Waals surface area contributed by atoms with Gasteiger partial charge in [-0.25, -0.2) is 0 Å². The first kappa shape index (κ1) is 19.5. The molecule has 4 heteroatoms. The molecule has 0 N–H and O–H groups in total. The summed E-state index contributed by atoms with van der Waals surface area (Å²) in [6.45, 7) is 6.55. The van der Waals surface area contributed by atoms with Gasteiger partial charge in [0.1, 0.15) is 6.61 Å². The van der Waals surface area contributed by atoms with E-state index in [0.29, 0.717) is 22.4 Å². The summed E-state index contributed by atoms with van der Waals surface area (Å²) in [4.78, 5) is 4.57. The monoisotopic (exact) mass is 397 g/mol. The lowest BCUT2D eigenvalue weighted by atomic mass is 10.1. The number of rotatable bonds is 5. The predicted molar refractivity (Wildman–Crippen MR) is 115 cm³/mol. The van der Waals surface area contributed by atoms with E-state index in [1.54, 1.807) is 6.21 Å². The van der Waals surface area contributed by atoms with Gasteiger partial charge < -0.3 is 4.74 Å². The first-order valence-corrected chi connectivity index (χ1v) is 9.46. The van der Waals surface area contributed by atoms with Crippen LogP contribution in [-0.4, -0.2) is 6.21 Å². The Labute approximate surface area is 170 Å². The largest absolute Gasteiger partial charge is 0.486 e. The summed E-state index contributed by atoms with van der Waals surface area (Å²) < 4.78 is 5.84. The van der Waals surface area contributed by atoms with Gasteiger partial charge in [0.05, 0.1) is 15.7 Å². The van der Waals surface area contributed by atoms with E-state index in [0.717, 1.165) is 22.4 Å². The second-order valence-electron chi connectivity index (χ2n) is 6.64. The number of aryl methyl sites for hydroxylation is 3. The highest BCUT2D eigenvalue weighted by atomic mass is 35.5. The van der Waals surface area contributed by atoms with Gasteiger partial charge in [0.2, 0.25) is 0 Å². The van der Waals surface area contributed by atoms with Crippen molar-refractivity contribution in [2.24, 2.45) is 4.99 Å². The zero-order valence-corrected chi connectivity index (χ0v) is 17.1. The van der Waals surface area contributed by atoms with Crippen molar-refractivity contribution in [2.75, 3.05) is 0 Å². The Hall–Kier alpha value is -2.29. The molecule has 138 valence electrons. The number of ether oxygens (including phenoxy) is 1. The van der Waals surface area contributed by atoms with Gasteiger partial charge in [0, 0.05) is 6.21 Å². The zero-order valence-electron chi connectivity index (χ0n) is 15.6. The Morgan fingerprint density at radius 3 is 2.15 bits per heavy atom. The van der Waals surface area contributed by atoms with Gasteiger partial charge in [-0.1, -0.05) is 65.2 Å². The van der Waals surface area contributed by atoms with Crippen LogP contribution in [0.4, 0.5) is 5.69 Å². The molecule has 0 saturated heterocycles. The maximum atomic E-state index is 6.39. The topological polar surface area (TPSA) is 21.6 Å². The van der Waals surface area contributed by atoms with Gasteiger partial charge in [-0.05, 0) is 61.2 Å². The second-order valence-corrected chi connectivity index (χ2v) is 7.45. The molecule has 0 aromatic heterocycles. The van der Waals surface area contributed by atoms with Gasteiger partial charge in [0.25, 0.3) is 0 Å². The first-order chi connectivity index (χ1) is 12.9. The molecule has 0 atom stereocenters. The fourth-order valence-corrected chi connectivity index (χ4v) is 3.25. The number of halogens is 2. The van der Waals surface area contributed by atoms with Gasteiger partial charge in [-0.15, -0.1) is 0 Å². The highest BCUT2D eigenvalue weighted by Crippen LogP contribution is 2.34. The summed E-state index contributed by atoms with van der Waals surface area (Å²) >= 11 is 12.8. The van der Waals surface area contributed by atoms with Crippen LogP contribution in [-0.2, 0) is 6.61 Å². The number of hydrogen-bond donors (Lipinski definition) is 0. The molecular formula is C23H21Cl2NO. The summed E-state index contributed by atoms with van der Waals surface area (Å²) in [6.07, 6.45) is 1.77. The molecule has 0 unspecified atom stereocenters. The molecule has 0 aliphatic rings. The van der Waals surface area contributed by atoms with Crippen LogP contribution in [0.5, 0.6) is 5.75 Å². The highest BCUT2D eigenvalue weighted by molar-refractivity contribution is 6.37. The molecule has 0 bridgehead atoms. The molecule has 2 nitrogen and oxygen atoms in total. The summed E-state index contributed by atoms with van der Waals surface area (Å²) in [5.74, 6) is 0.489. The van der Waals surface area contributed by atoms with Crippen LogP contribution in [0, 0.1) is 20.8 Å². The van der Waals surface area contributed by atoms with Crippen molar-refractivity contribution in [1.29, 1.82) is 0 Å². The third-order valence-corrected chi connectivity index (χ3v) is 4.80. The van der Waals surface area contributed by atoms with E-state index < -0.39 is 0 Å². The highest BCUT2D eigenvalue weighted by Gasteiger charge is 2.10. The summed E-state index contributed by atoms with van der Waals surface area (Å²) in [6, 6.07) is 18.0. The van der Waals surface area contributed by atoms with E-state index in [9.17, 15) is 0 Å². The van der Waals surface area contributed by atoms with E-state index in [2.05, 4.69) is 36.2 Å². The number of nitrogens with zero attached hydrogens (tertiary/aromatic N) is 1. The molecule has 3 aromatic rings. The van der Waals surface area contributed by atoms with E-state index in [1.807, 2.05) is 44.2 Å². The van der Waals surface area contributed by atoms with Crippen molar-refractivity contribution in [1.82, 2.24) is 0 Å². The third-order valence-electron chi connectivity index (χ3n) is 4.24. The molecule has 3 aromatic carbocycles. The molecule has 0 saturated carbocycles. The number of benzene rings is 3. The van der Waals surface area contributed by atoms with Crippen LogP contribution >= 0.6 is 23.2 Å². The molecule has 0 heterocycles. The van der Waals surface area contributed by atoms with Gasteiger partial charge in [-0.3, -0.25) is 4.99 Å². The van der Waals surface area contributed by atoms with Crippen molar-refractivity contribution < 1.29 is 4.74 Å². The molecule has 3 rings (SSSR count). The minimum absolute atomic E-state index is 0.412. The Balaban J connectivity index is 1.77. The van der Waals surface area contributed by atoms with Crippen LogP contribution in [0.3, 0.4) is 0 Å². The normalized spacial score (nSPS) is 11.1. The average molecular weight is 398 g/mol. The van der Waals surface area contributed by atoms with Crippen molar-refractivity contribution in [2.45, 2.75) is 27.4 Å². The Morgan fingerprint density at radius 2 is 1.48 bits per heavy atom. The van der Waals surface area contributed by atoms with E-state index in [-0.39, 0.29) is 0 Å². The summed E-state index contributed by atoms with van der Waals surface area (Å²) in [5.41, 5.74) is 6.32. The number of hydrogen-bond acceptors (Lipinski definition) is 2. The SMILES string of the molecule is Cc1ccc(COc2c(Cl)cc(C=Nc3cc(C)ccc3C)cc2Cl)cc1. The van der Waals surface area contributed by atoms with Gasteiger partial charge >= 0.3 is 0 Å². The molecule has 0 radical (unpaired) electrons. The average Bonchev–Trinajstić information content (AvgIpc) is 2.63. The molecule has 0 amide bonds. The maximum Gasteiger partial charge on any atom is 0.157 e. The molecule has 0 aliphatic heterocycles. The Bertz CT molecular complexity index is 955. The lowest BCUT2D eigenvalue weighted by Gasteiger charge is -2.11. The van der Waals surface area contributed by atoms with Crippen molar-refractivity contribution >= 4 is 35.1 Å². The lowest BCUT2D eigenvalue weighted by Crippen LogP contribution is -1.97. The minimum Gasteiger partial charge on any atom is -0.486 e. The first-order valence-electron chi connectivity index (χ1n) is 8.71. The molecule has 27 heavy (non-hydrogen) atoms. The van der Waals surface area contributed by atoms with Crippen LogP contribution < -0.4 is 4.74 Å². The van der Waals surface area contributed by atoms with Crippen LogP contribution in [0.1, 0.15) is 27.8 Å². The zero-order chi connectivity index (χ0) is 19.4. The van der Waals surface area contributed by atoms with E-state index in [1.165, 1.54) is 11.1 Å². The Kier molecular flexibility index (Phi) is 6.20. The summed E-state index contributed by atoms with van der Waals surface area (Å²) in [7, 11) is 0. The van der Waals surface area contributed by atoms with Crippen molar-refractivity contribution in [3.05, 3.63) is 92.5 Å². The van der Waals surface area contributed by atoms with Gasteiger partial charge in [0.15, 0.2) is 5.75 Å². The third kappa shape index (κ3) is 5.12. The molecular weight excluding hydrogens is 377 g/mol. The molecule has 0 fully saturated rings. The smallest absolute Gasteiger partial charge is 0.157 e. The number of aliphatic imine (C=N–C) groups is 1. The van der Waals surface area contributed by atoms with Crippen LogP contribution in [0.25, 0.3) is 0 Å². The summed E-state index contributed by atoms with van der Waals surface area (Å²) in [5, 5.41) is 0.939. The second kappa shape index (κ2) is 8.60. The van der Waals surface area contributed by atoms with Crippen LogP contribution in [0.2, 0.25) is 10.0 Å². The predicted octanol–water partition coefficient (Wildman–Crippen LogP) is 7.25. The van der Waals surface area contributed by atoms with Gasteiger partial charge in [-0.2, -0.15) is 0 Å². The van der Waals surface area contributed by atoms with Crippen molar-refractivity contribution in [3.63, 3.8) is 0 Å². The molecule has 0 spiro atoms. The molecule has 0 aliphatic carbocycles. The quantitative estimate of drug-likeness (QED) is 0.415.